The van der Waals surface area contributed by atoms with E-state index >= 15 is 0 Å². The lowest BCUT2D eigenvalue weighted by Crippen LogP contribution is -2.45. The van der Waals surface area contributed by atoms with E-state index in [1.54, 1.807) is 0 Å². The lowest BCUT2D eigenvalue weighted by molar-refractivity contribution is -0.122. The zero-order valence-electron chi connectivity index (χ0n) is 15.2. The molecule has 3 atom stereocenters. The minimum Gasteiger partial charge on any atom is -0.352 e. The monoisotopic (exact) mass is 382 g/mol. The SMILES string of the molecule is CN(CC(=O)N[C@@H]1CC[C@H]2CCCC[C@@H]2C1)S(=O)(=O)c1ccc(F)cc1. The van der Waals surface area contributed by atoms with E-state index in [1.807, 2.05) is 0 Å². The highest BCUT2D eigenvalue weighted by Gasteiger charge is 2.33. The summed E-state index contributed by atoms with van der Waals surface area (Å²) in [6.45, 7) is -0.232. The normalized spacial score (nSPS) is 26.3. The third-order valence-electron chi connectivity index (χ3n) is 5.79. The summed E-state index contributed by atoms with van der Waals surface area (Å²) in [5.41, 5.74) is 0. The fourth-order valence-corrected chi connectivity index (χ4v) is 5.48. The van der Waals surface area contributed by atoms with Gasteiger partial charge in [0.05, 0.1) is 11.4 Å². The molecular formula is C19H27FN2O3S. The molecule has 0 saturated heterocycles. The molecule has 0 aliphatic heterocycles. The van der Waals surface area contributed by atoms with E-state index in [0.717, 1.165) is 41.6 Å². The number of hydrogen-bond donors (Lipinski definition) is 1. The molecule has 144 valence electrons. The number of nitrogens with one attached hydrogen (secondary N) is 1. The van der Waals surface area contributed by atoms with Crippen molar-refractivity contribution in [3.05, 3.63) is 30.1 Å². The molecule has 0 radical (unpaired) electrons. The zero-order chi connectivity index (χ0) is 18.7. The zero-order valence-corrected chi connectivity index (χ0v) is 16.0. The van der Waals surface area contributed by atoms with Crippen molar-refractivity contribution < 1.29 is 17.6 Å². The van der Waals surface area contributed by atoms with Crippen molar-refractivity contribution in [1.29, 1.82) is 0 Å². The predicted molar refractivity (Wildman–Crippen MR) is 97.4 cm³/mol. The lowest BCUT2D eigenvalue weighted by Gasteiger charge is -2.39. The number of benzene rings is 1. The Morgan fingerprint density at radius 3 is 2.46 bits per heavy atom. The molecular weight excluding hydrogens is 355 g/mol. The number of halogens is 1. The van der Waals surface area contributed by atoms with Gasteiger partial charge in [0.2, 0.25) is 15.9 Å². The number of rotatable bonds is 5. The minimum absolute atomic E-state index is 0.0167. The molecule has 1 aromatic carbocycles. The van der Waals surface area contributed by atoms with E-state index in [9.17, 15) is 17.6 Å². The number of hydrogen-bond acceptors (Lipinski definition) is 3. The maximum atomic E-state index is 13.0. The molecule has 0 bridgehead atoms. The molecule has 2 aliphatic carbocycles. The van der Waals surface area contributed by atoms with Gasteiger partial charge in [0, 0.05) is 13.1 Å². The highest BCUT2D eigenvalue weighted by Crippen LogP contribution is 2.40. The molecule has 7 heteroatoms. The average molecular weight is 383 g/mol. The van der Waals surface area contributed by atoms with Crippen LogP contribution in [0.15, 0.2) is 29.2 Å². The molecule has 0 unspecified atom stereocenters. The second-order valence-corrected chi connectivity index (χ2v) is 9.64. The van der Waals surface area contributed by atoms with E-state index in [4.69, 9.17) is 0 Å². The number of sulfonamides is 1. The highest BCUT2D eigenvalue weighted by atomic mass is 32.2. The molecule has 5 nitrogen and oxygen atoms in total. The quantitative estimate of drug-likeness (QED) is 0.851. The van der Waals surface area contributed by atoms with Crippen molar-refractivity contribution >= 4 is 15.9 Å². The molecule has 2 saturated carbocycles. The maximum absolute atomic E-state index is 13.0. The molecule has 26 heavy (non-hydrogen) atoms. The summed E-state index contributed by atoms with van der Waals surface area (Å²) in [7, 11) is -2.43. The van der Waals surface area contributed by atoms with Crippen molar-refractivity contribution in [3.8, 4) is 0 Å². The number of fused-ring (bicyclic) bond motifs is 1. The summed E-state index contributed by atoms with van der Waals surface area (Å²) in [6.07, 6.45) is 8.29. The van der Waals surface area contributed by atoms with Gasteiger partial charge in [0.1, 0.15) is 5.82 Å². The van der Waals surface area contributed by atoms with Crippen LogP contribution in [0.1, 0.15) is 44.9 Å². The van der Waals surface area contributed by atoms with Crippen molar-refractivity contribution in [2.45, 2.75) is 55.9 Å². The van der Waals surface area contributed by atoms with Gasteiger partial charge in [-0.3, -0.25) is 4.79 Å². The van der Waals surface area contributed by atoms with Crippen LogP contribution in [0.3, 0.4) is 0 Å². The van der Waals surface area contributed by atoms with Gasteiger partial charge in [0.25, 0.3) is 0 Å². The summed E-state index contributed by atoms with van der Waals surface area (Å²) in [5, 5.41) is 3.01. The van der Waals surface area contributed by atoms with E-state index in [-0.39, 0.29) is 23.4 Å². The first kappa shape index (κ1) is 19.3. The summed E-state index contributed by atoms with van der Waals surface area (Å²) in [6, 6.07) is 4.77. The molecule has 0 heterocycles. The summed E-state index contributed by atoms with van der Waals surface area (Å²) in [5.74, 6) is 0.724. The largest absolute Gasteiger partial charge is 0.352 e. The van der Waals surface area contributed by atoms with E-state index in [0.29, 0.717) is 5.92 Å². The van der Waals surface area contributed by atoms with Crippen LogP contribution in [0.25, 0.3) is 0 Å². The van der Waals surface area contributed by atoms with Crippen LogP contribution in [-0.2, 0) is 14.8 Å². The Kier molecular flexibility index (Phi) is 5.97. The van der Waals surface area contributed by atoms with Crippen LogP contribution in [0.2, 0.25) is 0 Å². The fraction of sp³-hybridized carbons (Fsp3) is 0.632. The van der Waals surface area contributed by atoms with Gasteiger partial charge < -0.3 is 5.32 Å². The second-order valence-electron chi connectivity index (χ2n) is 7.60. The number of carbonyl (C=O) groups is 1. The second kappa shape index (κ2) is 8.05. The minimum atomic E-state index is -3.80. The predicted octanol–water partition coefficient (Wildman–Crippen LogP) is 2.92. The standard InChI is InChI=1S/C19H27FN2O3S/c1-22(26(24,25)18-10-7-16(20)8-11-18)13-19(23)21-17-9-6-14-4-2-3-5-15(14)12-17/h7-8,10-11,14-15,17H,2-6,9,12-13H2,1H3,(H,21,23)/t14-,15-,17-/m1/s1. The molecule has 1 amide bonds. The molecule has 2 aliphatic rings. The molecule has 0 aromatic heterocycles. The highest BCUT2D eigenvalue weighted by molar-refractivity contribution is 7.89. The molecule has 1 aromatic rings. The lowest BCUT2D eigenvalue weighted by atomic mass is 9.69. The van der Waals surface area contributed by atoms with E-state index in [2.05, 4.69) is 5.32 Å². The number of amides is 1. The van der Waals surface area contributed by atoms with Crippen molar-refractivity contribution in [2.75, 3.05) is 13.6 Å². The van der Waals surface area contributed by atoms with Crippen LogP contribution in [0, 0.1) is 17.7 Å². The summed E-state index contributed by atoms with van der Waals surface area (Å²) >= 11 is 0. The third kappa shape index (κ3) is 4.43. The van der Waals surface area contributed by atoms with Gasteiger partial charge in [0.15, 0.2) is 0 Å². The van der Waals surface area contributed by atoms with Crippen molar-refractivity contribution in [3.63, 3.8) is 0 Å². The first-order valence-electron chi connectivity index (χ1n) is 9.37. The Morgan fingerprint density at radius 1 is 1.12 bits per heavy atom. The fourth-order valence-electron chi connectivity index (χ4n) is 4.35. The van der Waals surface area contributed by atoms with Crippen LogP contribution in [0.5, 0.6) is 0 Å². The van der Waals surface area contributed by atoms with E-state index in [1.165, 1.54) is 44.9 Å². The van der Waals surface area contributed by atoms with Gasteiger partial charge in [-0.2, -0.15) is 4.31 Å². The van der Waals surface area contributed by atoms with Crippen LogP contribution >= 0.6 is 0 Å². The Labute approximate surface area is 155 Å². The van der Waals surface area contributed by atoms with Crippen LogP contribution < -0.4 is 5.32 Å². The van der Waals surface area contributed by atoms with Crippen LogP contribution in [-0.4, -0.2) is 38.3 Å². The Morgan fingerprint density at radius 2 is 1.77 bits per heavy atom. The molecule has 3 rings (SSSR count). The Balaban J connectivity index is 1.55. The first-order chi connectivity index (χ1) is 12.4. The Bertz CT molecular complexity index is 736. The summed E-state index contributed by atoms with van der Waals surface area (Å²) in [4.78, 5) is 12.3. The number of likely N-dealkylation sites (N-methyl/N-ethyl adjacent to an activating group) is 1. The third-order valence-corrected chi connectivity index (χ3v) is 7.61. The van der Waals surface area contributed by atoms with Gasteiger partial charge in [-0.25, -0.2) is 12.8 Å². The van der Waals surface area contributed by atoms with Crippen molar-refractivity contribution in [1.82, 2.24) is 9.62 Å². The van der Waals surface area contributed by atoms with E-state index < -0.39 is 15.8 Å². The molecule has 1 N–H and O–H groups in total. The van der Waals surface area contributed by atoms with Crippen molar-refractivity contribution in [2.24, 2.45) is 11.8 Å². The van der Waals surface area contributed by atoms with Gasteiger partial charge >= 0.3 is 0 Å². The molecule has 0 spiro atoms. The first-order valence-corrected chi connectivity index (χ1v) is 10.8. The molecule has 2 fully saturated rings. The smallest absolute Gasteiger partial charge is 0.243 e. The van der Waals surface area contributed by atoms with Gasteiger partial charge in [-0.1, -0.05) is 25.7 Å². The average Bonchev–Trinajstić information content (AvgIpc) is 2.61. The number of nitrogens with zero attached hydrogens (tertiary/aromatic N) is 1. The Hall–Kier alpha value is -1.47. The maximum Gasteiger partial charge on any atom is 0.243 e. The van der Waals surface area contributed by atoms with Crippen LogP contribution in [0.4, 0.5) is 4.39 Å². The summed E-state index contributed by atoms with van der Waals surface area (Å²) < 4.78 is 39.0. The topological polar surface area (TPSA) is 66.5 Å². The van der Waals surface area contributed by atoms with Gasteiger partial charge in [-0.05, 0) is 55.4 Å². The van der Waals surface area contributed by atoms with Gasteiger partial charge in [-0.15, -0.1) is 0 Å². The number of carbonyl (C=O) groups excluding carboxylic acids is 1.